The Balaban J connectivity index is 3.14. The van der Waals surface area contributed by atoms with Crippen molar-refractivity contribution in [2.75, 3.05) is 5.33 Å². The maximum atomic E-state index is 11.1. The third-order valence-corrected chi connectivity index (χ3v) is 1.11. The van der Waals surface area contributed by atoms with Crippen molar-refractivity contribution in [3.63, 3.8) is 0 Å². The Kier molecular flexibility index (Phi) is 3.46. The zero-order chi connectivity index (χ0) is 5.86. The molecule has 0 spiro atoms. The molecule has 0 saturated carbocycles. The SMILES string of the molecule is O[C@@H](CBr)C(F)F. The fourth-order valence-corrected chi connectivity index (χ4v) is 0.350. The lowest BCUT2D eigenvalue weighted by atomic mass is 10.4. The molecule has 1 N–H and O–H groups in total. The fraction of sp³-hybridized carbons (Fsp3) is 1.00. The molecule has 0 rings (SSSR count). The number of alkyl halides is 3. The normalized spacial score (nSPS) is 15.0. The maximum Gasteiger partial charge on any atom is 0.264 e. The average Bonchev–Trinajstić information content (AvgIpc) is 1.65. The van der Waals surface area contributed by atoms with E-state index in [0.29, 0.717) is 0 Å². The van der Waals surface area contributed by atoms with Crippen LogP contribution in [0.4, 0.5) is 8.78 Å². The van der Waals surface area contributed by atoms with Crippen LogP contribution in [0, 0.1) is 0 Å². The van der Waals surface area contributed by atoms with Gasteiger partial charge in [0.1, 0.15) is 6.10 Å². The van der Waals surface area contributed by atoms with Crippen LogP contribution in [-0.4, -0.2) is 23.0 Å². The van der Waals surface area contributed by atoms with Gasteiger partial charge in [0, 0.05) is 5.33 Å². The van der Waals surface area contributed by atoms with Crippen LogP contribution in [0.5, 0.6) is 0 Å². The lowest BCUT2D eigenvalue weighted by Gasteiger charge is -2.01. The van der Waals surface area contributed by atoms with Crippen molar-refractivity contribution in [1.29, 1.82) is 0 Å². The second-order valence-electron chi connectivity index (χ2n) is 1.06. The van der Waals surface area contributed by atoms with E-state index in [-0.39, 0.29) is 5.33 Å². The third-order valence-electron chi connectivity index (χ3n) is 0.449. The Morgan fingerprint density at radius 2 is 2.00 bits per heavy atom. The van der Waals surface area contributed by atoms with Gasteiger partial charge >= 0.3 is 0 Å². The Bertz CT molecular complexity index is 50.2. The monoisotopic (exact) mass is 174 g/mol. The lowest BCUT2D eigenvalue weighted by molar-refractivity contribution is 0.0108. The second-order valence-corrected chi connectivity index (χ2v) is 1.70. The van der Waals surface area contributed by atoms with Gasteiger partial charge in [-0.15, -0.1) is 0 Å². The van der Waals surface area contributed by atoms with Gasteiger partial charge in [-0.05, 0) is 0 Å². The van der Waals surface area contributed by atoms with Crippen molar-refractivity contribution >= 4 is 15.9 Å². The summed E-state index contributed by atoms with van der Waals surface area (Å²) in [6.45, 7) is 0. The predicted molar refractivity (Wildman–Crippen MR) is 25.8 cm³/mol. The first-order chi connectivity index (χ1) is 3.18. The van der Waals surface area contributed by atoms with E-state index in [2.05, 4.69) is 15.9 Å². The van der Waals surface area contributed by atoms with Crippen molar-refractivity contribution in [2.24, 2.45) is 0 Å². The van der Waals surface area contributed by atoms with Gasteiger partial charge in [-0.2, -0.15) is 0 Å². The Morgan fingerprint density at radius 3 is 2.00 bits per heavy atom. The van der Waals surface area contributed by atoms with Crippen molar-refractivity contribution in [3.8, 4) is 0 Å². The minimum atomic E-state index is -2.63. The molecule has 0 aliphatic heterocycles. The lowest BCUT2D eigenvalue weighted by Crippen LogP contribution is -2.18. The van der Waals surface area contributed by atoms with Crippen molar-refractivity contribution in [2.45, 2.75) is 12.5 Å². The Hall–Kier alpha value is 0.300. The van der Waals surface area contributed by atoms with E-state index in [4.69, 9.17) is 5.11 Å². The molecule has 0 saturated heterocycles. The van der Waals surface area contributed by atoms with Crippen molar-refractivity contribution < 1.29 is 13.9 Å². The van der Waals surface area contributed by atoms with E-state index in [1.807, 2.05) is 0 Å². The van der Waals surface area contributed by atoms with Crippen LogP contribution in [-0.2, 0) is 0 Å². The summed E-state index contributed by atoms with van der Waals surface area (Å²) in [7, 11) is 0. The van der Waals surface area contributed by atoms with Gasteiger partial charge in [0.05, 0.1) is 0 Å². The summed E-state index contributed by atoms with van der Waals surface area (Å²) in [5.74, 6) is 0. The summed E-state index contributed by atoms with van der Waals surface area (Å²) < 4.78 is 22.3. The van der Waals surface area contributed by atoms with Crippen LogP contribution < -0.4 is 0 Å². The van der Waals surface area contributed by atoms with Crippen molar-refractivity contribution in [1.82, 2.24) is 0 Å². The number of hydrogen-bond donors (Lipinski definition) is 1. The molecule has 44 valence electrons. The smallest absolute Gasteiger partial charge is 0.264 e. The zero-order valence-electron chi connectivity index (χ0n) is 3.44. The molecule has 1 nitrogen and oxygen atoms in total. The first-order valence-electron chi connectivity index (χ1n) is 1.70. The standard InChI is InChI=1S/C3H5BrF2O/c4-1-2(7)3(5)6/h2-3,7H,1H2/t2-/m0/s1. The van der Waals surface area contributed by atoms with E-state index >= 15 is 0 Å². The maximum absolute atomic E-state index is 11.1. The molecular weight excluding hydrogens is 170 g/mol. The van der Waals surface area contributed by atoms with Crippen LogP contribution in [0.15, 0.2) is 0 Å². The summed E-state index contributed by atoms with van der Waals surface area (Å²) in [4.78, 5) is 0. The highest BCUT2D eigenvalue weighted by Gasteiger charge is 2.13. The van der Waals surface area contributed by atoms with Gasteiger partial charge in [0.2, 0.25) is 0 Å². The number of aliphatic hydroxyl groups is 1. The highest BCUT2D eigenvalue weighted by Crippen LogP contribution is 2.01. The number of rotatable bonds is 2. The second kappa shape index (κ2) is 3.32. The van der Waals surface area contributed by atoms with Gasteiger partial charge in [-0.25, -0.2) is 8.78 Å². The molecule has 0 aliphatic carbocycles. The largest absolute Gasteiger partial charge is 0.386 e. The zero-order valence-corrected chi connectivity index (χ0v) is 5.03. The van der Waals surface area contributed by atoms with Gasteiger partial charge in [-0.3, -0.25) is 0 Å². The molecule has 0 amide bonds. The Labute approximate surface area is 48.5 Å². The summed E-state index contributed by atoms with van der Waals surface area (Å²) in [5.41, 5.74) is 0. The third kappa shape index (κ3) is 2.93. The molecule has 0 aliphatic rings. The molecule has 0 fully saturated rings. The number of hydrogen-bond acceptors (Lipinski definition) is 1. The van der Waals surface area contributed by atoms with Gasteiger partial charge in [0.15, 0.2) is 0 Å². The molecule has 0 aromatic rings. The van der Waals surface area contributed by atoms with Crippen molar-refractivity contribution in [3.05, 3.63) is 0 Å². The van der Waals surface area contributed by atoms with Gasteiger partial charge in [-0.1, -0.05) is 15.9 Å². The average molecular weight is 175 g/mol. The minimum absolute atomic E-state index is 0.0648. The van der Waals surface area contributed by atoms with Crippen LogP contribution in [0.1, 0.15) is 0 Å². The molecule has 0 heterocycles. The van der Waals surface area contributed by atoms with Crippen LogP contribution in [0.2, 0.25) is 0 Å². The summed E-state index contributed by atoms with van der Waals surface area (Å²) in [6.07, 6.45) is -4.14. The minimum Gasteiger partial charge on any atom is -0.386 e. The highest BCUT2D eigenvalue weighted by atomic mass is 79.9. The number of halogens is 3. The molecule has 7 heavy (non-hydrogen) atoms. The molecule has 0 radical (unpaired) electrons. The van der Waals surface area contributed by atoms with Gasteiger partial charge in [0.25, 0.3) is 6.43 Å². The van der Waals surface area contributed by atoms with E-state index in [9.17, 15) is 8.78 Å². The molecule has 0 bridgehead atoms. The Morgan fingerprint density at radius 1 is 1.57 bits per heavy atom. The number of aliphatic hydroxyl groups excluding tert-OH is 1. The molecule has 1 atom stereocenters. The summed E-state index contributed by atoms with van der Waals surface area (Å²) >= 11 is 2.69. The molecule has 0 aromatic carbocycles. The topological polar surface area (TPSA) is 20.2 Å². The molecule has 0 unspecified atom stereocenters. The molecule has 4 heteroatoms. The molecular formula is C3H5BrF2O. The summed E-state index contributed by atoms with van der Waals surface area (Å²) in [5, 5.41) is 8.07. The molecule has 0 aromatic heterocycles. The highest BCUT2D eigenvalue weighted by molar-refractivity contribution is 9.09. The predicted octanol–water partition coefficient (Wildman–Crippen LogP) is 1.01. The van der Waals surface area contributed by atoms with E-state index in [1.165, 1.54) is 0 Å². The van der Waals surface area contributed by atoms with E-state index in [1.54, 1.807) is 0 Å². The van der Waals surface area contributed by atoms with Crippen LogP contribution in [0.3, 0.4) is 0 Å². The summed E-state index contributed by atoms with van der Waals surface area (Å²) in [6, 6.07) is 0. The first kappa shape index (κ1) is 7.30. The van der Waals surface area contributed by atoms with Gasteiger partial charge < -0.3 is 5.11 Å². The van der Waals surface area contributed by atoms with Crippen LogP contribution >= 0.6 is 15.9 Å². The fourth-order valence-electron chi connectivity index (χ4n) is 0.0673. The quantitative estimate of drug-likeness (QED) is 0.620. The first-order valence-corrected chi connectivity index (χ1v) is 2.82. The van der Waals surface area contributed by atoms with E-state index in [0.717, 1.165) is 0 Å². The van der Waals surface area contributed by atoms with Crippen LogP contribution in [0.25, 0.3) is 0 Å². The van der Waals surface area contributed by atoms with E-state index < -0.39 is 12.5 Å².